The summed E-state index contributed by atoms with van der Waals surface area (Å²) in [4.78, 5) is 26.7. The second-order valence-corrected chi connectivity index (χ2v) is 6.98. The Morgan fingerprint density at radius 2 is 1.68 bits per heavy atom. The van der Waals surface area contributed by atoms with E-state index < -0.39 is 10.9 Å². The Balaban J connectivity index is 1.41. The van der Waals surface area contributed by atoms with E-state index in [0.29, 0.717) is 11.6 Å². The average Bonchev–Trinajstić information content (AvgIpc) is 3.14. The number of cyclic esters (lactones) is 1. The number of aliphatic imine (C=N–C) groups is 1. The van der Waals surface area contributed by atoms with Gasteiger partial charge in [-0.1, -0.05) is 29.8 Å². The first-order valence-corrected chi connectivity index (χ1v) is 9.54. The number of rotatable bonds is 6. The smallest absolute Gasteiger partial charge is 0.363 e. The lowest BCUT2D eigenvalue weighted by atomic mass is 10.1. The summed E-state index contributed by atoms with van der Waals surface area (Å²) in [5.74, 6) is 0.437. The maximum Gasteiger partial charge on any atom is 0.363 e. The number of nitro benzene ring substituents is 1. The molecule has 0 N–H and O–H groups in total. The molecule has 0 spiro atoms. The summed E-state index contributed by atoms with van der Waals surface area (Å²) < 4.78 is 11.0. The first-order chi connectivity index (χ1) is 15.0. The fourth-order valence-corrected chi connectivity index (χ4v) is 2.93. The molecular weight excluding hydrogens is 396 g/mol. The van der Waals surface area contributed by atoms with E-state index in [4.69, 9.17) is 9.47 Å². The molecule has 0 unspecified atom stereocenters. The molecule has 0 bridgehead atoms. The zero-order valence-electron chi connectivity index (χ0n) is 16.6. The van der Waals surface area contributed by atoms with Gasteiger partial charge in [0.1, 0.15) is 12.4 Å². The Morgan fingerprint density at radius 3 is 2.32 bits per heavy atom. The van der Waals surface area contributed by atoms with Crippen molar-refractivity contribution in [1.82, 2.24) is 0 Å². The maximum atomic E-state index is 12.1. The Hall–Kier alpha value is -4.26. The van der Waals surface area contributed by atoms with Crippen molar-refractivity contribution >= 4 is 23.6 Å². The number of non-ortho nitro benzene ring substituents is 1. The van der Waals surface area contributed by atoms with Crippen LogP contribution in [0.4, 0.5) is 5.69 Å². The average molecular weight is 414 g/mol. The maximum absolute atomic E-state index is 12.1. The molecule has 0 atom stereocenters. The zero-order valence-corrected chi connectivity index (χ0v) is 16.6. The molecule has 0 aliphatic carbocycles. The fourth-order valence-electron chi connectivity index (χ4n) is 2.93. The quantitative estimate of drug-likeness (QED) is 0.249. The van der Waals surface area contributed by atoms with Gasteiger partial charge >= 0.3 is 5.97 Å². The van der Waals surface area contributed by atoms with Crippen LogP contribution in [0.1, 0.15) is 22.3 Å². The molecule has 3 aromatic rings. The molecular formula is C24H18N2O5. The van der Waals surface area contributed by atoms with Crippen molar-refractivity contribution in [2.24, 2.45) is 4.99 Å². The summed E-state index contributed by atoms with van der Waals surface area (Å²) in [6, 6.07) is 21.0. The molecule has 1 aliphatic heterocycles. The van der Waals surface area contributed by atoms with Crippen molar-refractivity contribution < 1.29 is 19.2 Å². The van der Waals surface area contributed by atoms with Crippen molar-refractivity contribution in [2.75, 3.05) is 0 Å². The number of benzene rings is 3. The lowest BCUT2D eigenvalue weighted by molar-refractivity contribution is -0.384. The van der Waals surface area contributed by atoms with Gasteiger partial charge in [-0.2, -0.15) is 0 Å². The summed E-state index contributed by atoms with van der Waals surface area (Å²) in [7, 11) is 0. The Labute approximate surface area is 178 Å². The minimum absolute atomic E-state index is 0.0415. The normalized spacial score (nSPS) is 14.3. The van der Waals surface area contributed by atoms with Crippen molar-refractivity contribution in [2.45, 2.75) is 13.5 Å². The van der Waals surface area contributed by atoms with Crippen LogP contribution in [-0.4, -0.2) is 16.8 Å². The molecule has 1 aliphatic rings. The van der Waals surface area contributed by atoms with Crippen LogP contribution in [0, 0.1) is 17.0 Å². The number of carbonyl (C=O) groups excluding carboxylic acids is 1. The molecule has 7 nitrogen and oxygen atoms in total. The molecule has 7 heteroatoms. The van der Waals surface area contributed by atoms with Crippen LogP contribution in [0.25, 0.3) is 6.08 Å². The first-order valence-electron chi connectivity index (χ1n) is 9.54. The van der Waals surface area contributed by atoms with Gasteiger partial charge in [-0.15, -0.1) is 0 Å². The van der Waals surface area contributed by atoms with Gasteiger partial charge in [-0.05, 0) is 60.5 Å². The molecule has 0 saturated carbocycles. The molecule has 0 aromatic heterocycles. The van der Waals surface area contributed by atoms with E-state index >= 15 is 0 Å². The van der Waals surface area contributed by atoms with Gasteiger partial charge in [0.05, 0.1) is 4.92 Å². The highest BCUT2D eigenvalue weighted by Gasteiger charge is 2.24. The molecule has 0 radical (unpaired) electrons. The van der Waals surface area contributed by atoms with Gasteiger partial charge in [0.2, 0.25) is 5.90 Å². The zero-order chi connectivity index (χ0) is 21.8. The van der Waals surface area contributed by atoms with Crippen LogP contribution < -0.4 is 4.74 Å². The van der Waals surface area contributed by atoms with E-state index in [-0.39, 0.29) is 18.0 Å². The molecule has 31 heavy (non-hydrogen) atoms. The number of carbonyl (C=O) groups is 1. The number of nitrogens with zero attached hydrogens (tertiary/aromatic N) is 2. The van der Waals surface area contributed by atoms with Gasteiger partial charge in [-0.25, -0.2) is 9.79 Å². The van der Waals surface area contributed by atoms with Crippen molar-refractivity contribution in [3.05, 3.63) is 111 Å². The molecule has 3 aromatic carbocycles. The predicted molar refractivity (Wildman–Crippen MR) is 116 cm³/mol. The van der Waals surface area contributed by atoms with Crippen LogP contribution in [0.5, 0.6) is 5.75 Å². The number of ether oxygens (including phenoxy) is 2. The second-order valence-electron chi connectivity index (χ2n) is 6.98. The summed E-state index contributed by atoms with van der Waals surface area (Å²) in [5, 5.41) is 10.7. The molecule has 0 amide bonds. The standard InChI is InChI=1S/C24H18N2O5/c1-16-2-8-19(9-3-16)23-25-22(24(27)31-23)14-17-6-12-21(13-7-17)30-15-18-4-10-20(11-5-18)26(28)29/h2-14H,15H2,1H3/b22-14+. The number of aryl methyl sites for hydroxylation is 1. The highest BCUT2D eigenvalue weighted by molar-refractivity contribution is 6.12. The lowest BCUT2D eigenvalue weighted by Gasteiger charge is -2.06. The highest BCUT2D eigenvalue weighted by Crippen LogP contribution is 2.21. The van der Waals surface area contributed by atoms with Crippen LogP contribution >= 0.6 is 0 Å². The molecule has 0 fully saturated rings. The van der Waals surface area contributed by atoms with Gasteiger partial charge in [-0.3, -0.25) is 10.1 Å². The van der Waals surface area contributed by atoms with E-state index in [9.17, 15) is 14.9 Å². The van der Waals surface area contributed by atoms with Gasteiger partial charge in [0.15, 0.2) is 5.70 Å². The van der Waals surface area contributed by atoms with E-state index in [0.717, 1.165) is 22.3 Å². The van der Waals surface area contributed by atoms with E-state index in [1.165, 1.54) is 12.1 Å². The third-order valence-corrected chi connectivity index (χ3v) is 4.66. The monoisotopic (exact) mass is 414 g/mol. The minimum atomic E-state index is -0.492. The van der Waals surface area contributed by atoms with E-state index in [1.54, 1.807) is 30.3 Å². The van der Waals surface area contributed by atoms with E-state index in [2.05, 4.69) is 4.99 Å². The van der Waals surface area contributed by atoms with Crippen molar-refractivity contribution in [3.63, 3.8) is 0 Å². The van der Waals surface area contributed by atoms with Crippen LogP contribution in [0.2, 0.25) is 0 Å². The number of esters is 1. The summed E-state index contributed by atoms with van der Waals surface area (Å²) >= 11 is 0. The van der Waals surface area contributed by atoms with Crippen LogP contribution in [0.3, 0.4) is 0 Å². The summed E-state index contributed by atoms with van der Waals surface area (Å²) in [6.07, 6.45) is 1.66. The summed E-state index contributed by atoms with van der Waals surface area (Å²) in [6.45, 7) is 2.27. The number of hydrogen-bond acceptors (Lipinski definition) is 6. The fraction of sp³-hybridized carbons (Fsp3) is 0.0833. The Bertz CT molecular complexity index is 1180. The summed E-state index contributed by atoms with van der Waals surface area (Å²) in [5.41, 5.74) is 3.74. The molecule has 154 valence electrons. The topological polar surface area (TPSA) is 91.0 Å². The predicted octanol–water partition coefficient (Wildman–Crippen LogP) is 4.83. The Kier molecular flexibility index (Phi) is 5.57. The van der Waals surface area contributed by atoms with Crippen LogP contribution in [-0.2, 0) is 16.1 Å². The number of hydrogen-bond donors (Lipinski definition) is 0. The Morgan fingerprint density at radius 1 is 1.00 bits per heavy atom. The lowest BCUT2D eigenvalue weighted by Crippen LogP contribution is -2.05. The molecule has 4 rings (SSSR count). The SMILES string of the molecule is Cc1ccc(C2=N/C(=C/c3ccc(OCc4ccc([N+](=O)[O-])cc4)cc3)C(=O)O2)cc1. The molecule has 0 saturated heterocycles. The molecule has 1 heterocycles. The second kappa shape index (κ2) is 8.62. The van der Waals surface area contributed by atoms with Crippen molar-refractivity contribution in [3.8, 4) is 5.75 Å². The van der Waals surface area contributed by atoms with Gasteiger partial charge in [0, 0.05) is 17.7 Å². The third kappa shape index (κ3) is 4.84. The first kappa shape index (κ1) is 20.0. The van der Waals surface area contributed by atoms with E-state index in [1.807, 2.05) is 43.3 Å². The van der Waals surface area contributed by atoms with Gasteiger partial charge in [0.25, 0.3) is 5.69 Å². The minimum Gasteiger partial charge on any atom is -0.489 e. The third-order valence-electron chi connectivity index (χ3n) is 4.66. The van der Waals surface area contributed by atoms with Crippen LogP contribution in [0.15, 0.2) is 83.5 Å². The largest absolute Gasteiger partial charge is 0.489 e. The van der Waals surface area contributed by atoms with Gasteiger partial charge < -0.3 is 9.47 Å². The number of nitro groups is 1. The van der Waals surface area contributed by atoms with Crippen molar-refractivity contribution in [1.29, 1.82) is 0 Å². The highest BCUT2D eigenvalue weighted by atomic mass is 16.6.